The monoisotopic (exact) mass is 209 g/mol. The first-order valence-corrected chi connectivity index (χ1v) is 5.14. The smallest absolute Gasteiger partial charge is 0.176 e. The van der Waals surface area contributed by atoms with E-state index in [9.17, 15) is 9.18 Å². The van der Waals surface area contributed by atoms with Crippen molar-refractivity contribution in [1.29, 1.82) is 0 Å². The van der Waals surface area contributed by atoms with E-state index >= 15 is 0 Å². The van der Waals surface area contributed by atoms with Gasteiger partial charge in [-0.25, -0.2) is 4.39 Å². The molecule has 2 nitrogen and oxygen atoms in total. The van der Waals surface area contributed by atoms with Crippen LogP contribution in [0.1, 0.15) is 29.3 Å². The summed E-state index contributed by atoms with van der Waals surface area (Å²) in [5.74, 6) is -0.417. The van der Waals surface area contributed by atoms with Gasteiger partial charge < -0.3 is 5.32 Å². The van der Waals surface area contributed by atoms with Gasteiger partial charge in [0.25, 0.3) is 0 Å². The molecule has 0 aliphatic rings. The van der Waals surface area contributed by atoms with Gasteiger partial charge in [0.2, 0.25) is 0 Å². The van der Waals surface area contributed by atoms with Gasteiger partial charge in [0.05, 0.1) is 6.54 Å². The summed E-state index contributed by atoms with van der Waals surface area (Å²) in [5, 5.41) is 3.00. The van der Waals surface area contributed by atoms with Crippen molar-refractivity contribution in [1.82, 2.24) is 5.32 Å². The summed E-state index contributed by atoms with van der Waals surface area (Å²) in [6, 6.07) is 4.40. The molecule has 0 saturated heterocycles. The lowest BCUT2D eigenvalue weighted by atomic mass is 10.1. The SMILES string of the molecule is CCCNCC(=O)c1cc(C)cc(F)c1. The highest BCUT2D eigenvalue weighted by Gasteiger charge is 2.06. The Hall–Kier alpha value is -1.22. The van der Waals surface area contributed by atoms with E-state index < -0.39 is 0 Å². The molecule has 0 heterocycles. The molecule has 0 saturated carbocycles. The molecule has 1 rings (SSSR count). The van der Waals surface area contributed by atoms with E-state index in [2.05, 4.69) is 5.32 Å². The molecule has 0 aliphatic heterocycles. The predicted octanol–water partition coefficient (Wildman–Crippen LogP) is 2.32. The number of benzene rings is 1. The zero-order valence-electron chi connectivity index (χ0n) is 9.14. The van der Waals surface area contributed by atoms with Crippen molar-refractivity contribution in [2.45, 2.75) is 20.3 Å². The molecular weight excluding hydrogens is 193 g/mol. The second-order valence-electron chi connectivity index (χ2n) is 3.62. The van der Waals surface area contributed by atoms with E-state index in [0.29, 0.717) is 5.56 Å². The molecule has 1 aromatic rings. The van der Waals surface area contributed by atoms with E-state index in [4.69, 9.17) is 0 Å². The van der Waals surface area contributed by atoms with E-state index in [-0.39, 0.29) is 18.1 Å². The number of Topliss-reactive ketones (excluding diaryl/α,β-unsaturated/α-hetero) is 1. The normalized spacial score (nSPS) is 10.3. The highest BCUT2D eigenvalue weighted by Crippen LogP contribution is 2.08. The van der Waals surface area contributed by atoms with Crippen LogP contribution in [0.4, 0.5) is 4.39 Å². The van der Waals surface area contributed by atoms with Gasteiger partial charge >= 0.3 is 0 Å². The van der Waals surface area contributed by atoms with Crippen molar-refractivity contribution >= 4 is 5.78 Å². The van der Waals surface area contributed by atoms with E-state index in [0.717, 1.165) is 18.5 Å². The van der Waals surface area contributed by atoms with Crippen LogP contribution in [0.2, 0.25) is 0 Å². The van der Waals surface area contributed by atoms with Gasteiger partial charge in [-0.1, -0.05) is 6.92 Å². The summed E-state index contributed by atoms with van der Waals surface area (Å²) in [6.45, 7) is 4.89. The van der Waals surface area contributed by atoms with Crippen molar-refractivity contribution in [3.63, 3.8) is 0 Å². The van der Waals surface area contributed by atoms with Crippen molar-refractivity contribution in [2.24, 2.45) is 0 Å². The van der Waals surface area contributed by atoms with Crippen LogP contribution in [0, 0.1) is 12.7 Å². The molecule has 0 spiro atoms. The molecule has 0 fully saturated rings. The van der Waals surface area contributed by atoms with Gasteiger partial charge in [0.1, 0.15) is 5.82 Å². The number of halogens is 1. The third-order valence-electron chi connectivity index (χ3n) is 2.08. The molecule has 1 aromatic carbocycles. The summed E-state index contributed by atoms with van der Waals surface area (Å²) in [7, 11) is 0. The maximum absolute atomic E-state index is 13.0. The summed E-state index contributed by atoms with van der Waals surface area (Å²) < 4.78 is 13.0. The highest BCUT2D eigenvalue weighted by atomic mass is 19.1. The first kappa shape index (κ1) is 11.9. The fourth-order valence-corrected chi connectivity index (χ4v) is 1.38. The number of ketones is 1. The third-order valence-corrected chi connectivity index (χ3v) is 2.08. The molecule has 0 amide bonds. The average molecular weight is 209 g/mol. The number of carbonyl (C=O) groups is 1. The second kappa shape index (κ2) is 5.61. The minimum Gasteiger partial charge on any atom is -0.310 e. The minimum atomic E-state index is -0.353. The molecule has 0 aromatic heterocycles. The molecule has 0 aliphatic carbocycles. The first-order valence-electron chi connectivity index (χ1n) is 5.14. The van der Waals surface area contributed by atoms with Gasteiger partial charge in [-0.05, 0) is 43.7 Å². The van der Waals surface area contributed by atoms with E-state index in [1.807, 2.05) is 6.92 Å². The molecule has 0 radical (unpaired) electrons. The highest BCUT2D eigenvalue weighted by molar-refractivity contribution is 5.97. The second-order valence-corrected chi connectivity index (χ2v) is 3.62. The third kappa shape index (κ3) is 3.80. The average Bonchev–Trinajstić information content (AvgIpc) is 2.16. The fraction of sp³-hybridized carbons (Fsp3) is 0.417. The number of carbonyl (C=O) groups excluding carboxylic acids is 1. The van der Waals surface area contributed by atoms with Crippen LogP contribution in [-0.2, 0) is 0 Å². The molecule has 82 valence electrons. The lowest BCUT2D eigenvalue weighted by Gasteiger charge is -2.04. The van der Waals surface area contributed by atoms with Crippen LogP contribution in [0.3, 0.4) is 0 Å². The molecule has 1 N–H and O–H groups in total. The van der Waals surface area contributed by atoms with Crippen molar-refractivity contribution in [2.75, 3.05) is 13.1 Å². The molecule has 0 atom stereocenters. The molecule has 0 bridgehead atoms. The number of aryl methyl sites for hydroxylation is 1. The Morgan fingerprint density at radius 3 is 2.73 bits per heavy atom. The molecule has 15 heavy (non-hydrogen) atoms. The lowest BCUT2D eigenvalue weighted by molar-refractivity contribution is 0.0991. The van der Waals surface area contributed by atoms with Crippen LogP contribution in [0.15, 0.2) is 18.2 Å². The van der Waals surface area contributed by atoms with Crippen molar-refractivity contribution < 1.29 is 9.18 Å². The predicted molar refractivity (Wildman–Crippen MR) is 58.6 cm³/mol. The number of hydrogen-bond acceptors (Lipinski definition) is 2. The Labute approximate surface area is 89.5 Å². The zero-order valence-corrected chi connectivity index (χ0v) is 9.14. The maximum Gasteiger partial charge on any atom is 0.176 e. The van der Waals surface area contributed by atoms with Crippen LogP contribution in [0.25, 0.3) is 0 Å². The van der Waals surface area contributed by atoms with Crippen molar-refractivity contribution in [3.05, 3.63) is 35.1 Å². The molecular formula is C12H16FNO. The lowest BCUT2D eigenvalue weighted by Crippen LogP contribution is -2.23. The van der Waals surface area contributed by atoms with Gasteiger partial charge in [0, 0.05) is 5.56 Å². The Balaban J connectivity index is 2.65. The van der Waals surface area contributed by atoms with Crippen molar-refractivity contribution in [3.8, 4) is 0 Å². The summed E-state index contributed by atoms with van der Waals surface area (Å²) in [6.07, 6.45) is 0.982. The minimum absolute atomic E-state index is 0.0638. The standard InChI is InChI=1S/C12H16FNO/c1-3-4-14-8-12(15)10-5-9(2)6-11(13)7-10/h5-7,14H,3-4,8H2,1-2H3. The number of hydrogen-bond donors (Lipinski definition) is 1. The van der Waals surface area contributed by atoms with Gasteiger partial charge in [-0.2, -0.15) is 0 Å². The van der Waals surface area contributed by atoms with Crippen LogP contribution < -0.4 is 5.32 Å². The Morgan fingerprint density at radius 1 is 1.40 bits per heavy atom. The first-order chi connectivity index (χ1) is 7.13. The quantitative estimate of drug-likeness (QED) is 0.595. The summed E-state index contributed by atoms with van der Waals surface area (Å²) in [5.41, 5.74) is 1.21. The topological polar surface area (TPSA) is 29.1 Å². The van der Waals surface area contributed by atoms with E-state index in [1.54, 1.807) is 13.0 Å². The molecule has 3 heteroatoms. The number of nitrogens with one attached hydrogen (secondary N) is 1. The Kier molecular flexibility index (Phi) is 4.43. The van der Waals surface area contributed by atoms with Gasteiger partial charge in [-0.3, -0.25) is 4.79 Å². The summed E-state index contributed by atoms with van der Waals surface area (Å²) >= 11 is 0. The van der Waals surface area contributed by atoms with Crippen LogP contribution >= 0.6 is 0 Å². The Bertz CT molecular complexity index is 329. The Morgan fingerprint density at radius 2 is 2.13 bits per heavy atom. The van der Waals surface area contributed by atoms with Gasteiger partial charge in [-0.15, -0.1) is 0 Å². The van der Waals surface area contributed by atoms with Crippen LogP contribution in [-0.4, -0.2) is 18.9 Å². The fourth-order valence-electron chi connectivity index (χ4n) is 1.38. The van der Waals surface area contributed by atoms with Gasteiger partial charge in [0.15, 0.2) is 5.78 Å². The maximum atomic E-state index is 13.0. The number of rotatable bonds is 5. The largest absolute Gasteiger partial charge is 0.310 e. The summed E-state index contributed by atoms with van der Waals surface area (Å²) in [4.78, 5) is 11.6. The molecule has 0 unspecified atom stereocenters. The van der Waals surface area contributed by atoms with Crippen LogP contribution in [0.5, 0.6) is 0 Å². The zero-order chi connectivity index (χ0) is 11.3. The van der Waals surface area contributed by atoms with E-state index in [1.165, 1.54) is 12.1 Å².